The van der Waals surface area contributed by atoms with Crippen molar-refractivity contribution in [3.63, 3.8) is 0 Å². The molecule has 0 radical (unpaired) electrons. The second-order valence-corrected chi connectivity index (χ2v) is 4.58. The fourth-order valence-corrected chi connectivity index (χ4v) is 2.66. The summed E-state index contributed by atoms with van der Waals surface area (Å²) in [5, 5.41) is 1.27. The maximum absolute atomic E-state index is 5.78. The Kier molecular flexibility index (Phi) is 2.30. The summed E-state index contributed by atoms with van der Waals surface area (Å²) in [5.74, 6) is 0. The number of thiophene rings is 1. The van der Waals surface area contributed by atoms with Gasteiger partial charge in [0.15, 0.2) is 0 Å². The highest BCUT2D eigenvalue weighted by atomic mass is 32.1. The average molecular weight is 203 g/mol. The Labute approximate surface area is 87.9 Å². The van der Waals surface area contributed by atoms with Gasteiger partial charge in [-0.3, -0.25) is 0 Å². The molecule has 72 valence electrons. The topological polar surface area (TPSA) is 26.0 Å². The summed E-state index contributed by atoms with van der Waals surface area (Å²) in [6.45, 7) is 4.19. The summed E-state index contributed by atoms with van der Waals surface area (Å²) in [4.78, 5) is 1.35. The van der Waals surface area contributed by atoms with Crippen LogP contribution in [0.4, 0.5) is 5.69 Å². The molecule has 1 heterocycles. The predicted octanol–water partition coefficient (Wildman–Crippen LogP) is 3.83. The van der Waals surface area contributed by atoms with E-state index in [1.165, 1.54) is 20.5 Å². The molecule has 1 aromatic carbocycles. The third kappa shape index (κ3) is 1.42. The molecule has 0 bridgehead atoms. The molecule has 0 atom stereocenters. The van der Waals surface area contributed by atoms with Crippen molar-refractivity contribution in [3.05, 3.63) is 34.7 Å². The van der Waals surface area contributed by atoms with Gasteiger partial charge in [-0.1, -0.05) is 12.2 Å². The monoisotopic (exact) mass is 203 g/mol. The van der Waals surface area contributed by atoms with Crippen LogP contribution in [0.3, 0.4) is 0 Å². The fraction of sp³-hybridized carbons (Fsp3) is 0.167. The Morgan fingerprint density at radius 3 is 2.86 bits per heavy atom. The number of benzene rings is 1. The van der Waals surface area contributed by atoms with Crippen molar-refractivity contribution < 1.29 is 0 Å². The number of nitrogens with two attached hydrogens (primary N) is 1. The van der Waals surface area contributed by atoms with E-state index < -0.39 is 0 Å². The Bertz CT molecular complexity index is 494. The summed E-state index contributed by atoms with van der Waals surface area (Å²) in [7, 11) is 0. The highest BCUT2D eigenvalue weighted by Crippen LogP contribution is 2.32. The van der Waals surface area contributed by atoms with Gasteiger partial charge >= 0.3 is 0 Å². The van der Waals surface area contributed by atoms with Crippen LogP contribution in [0.2, 0.25) is 0 Å². The molecule has 0 saturated heterocycles. The van der Waals surface area contributed by atoms with Gasteiger partial charge < -0.3 is 5.73 Å². The Morgan fingerprint density at radius 2 is 2.14 bits per heavy atom. The van der Waals surface area contributed by atoms with E-state index in [1.54, 1.807) is 0 Å². The van der Waals surface area contributed by atoms with Crippen molar-refractivity contribution in [3.8, 4) is 0 Å². The molecular weight excluding hydrogens is 190 g/mol. The molecule has 14 heavy (non-hydrogen) atoms. The van der Waals surface area contributed by atoms with Gasteiger partial charge in [0.25, 0.3) is 0 Å². The maximum atomic E-state index is 5.78. The quantitative estimate of drug-likeness (QED) is 0.700. The van der Waals surface area contributed by atoms with Crippen LogP contribution in [0.15, 0.2) is 24.3 Å². The van der Waals surface area contributed by atoms with Gasteiger partial charge in [0.05, 0.1) is 0 Å². The number of nitrogen functional groups attached to an aromatic ring is 1. The van der Waals surface area contributed by atoms with Gasteiger partial charge in [0, 0.05) is 20.7 Å². The number of rotatable bonds is 1. The zero-order valence-corrected chi connectivity index (χ0v) is 9.19. The van der Waals surface area contributed by atoms with Crippen LogP contribution in [-0.4, -0.2) is 0 Å². The van der Waals surface area contributed by atoms with Crippen LogP contribution in [0.25, 0.3) is 16.2 Å². The van der Waals surface area contributed by atoms with Gasteiger partial charge in [-0.15, -0.1) is 11.3 Å². The van der Waals surface area contributed by atoms with E-state index in [-0.39, 0.29) is 0 Å². The Hall–Kier alpha value is -1.28. The first-order valence-electron chi connectivity index (χ1n) is 4.63. The summed E-state index contributed by atoms with van der Waals surface area (Å²) >= 11 is 1.82. The predicted molar refractivity (Wildman–Crippen MR) is 65.7 cm³/mol. The van der Waals surface area contributed by atoms with E-state index in [0.29, 0.717) is 0 Å². The molecule has 0 amide bonds. The maximum Gasteiger partial charge on any atom is 0.0353 e. The minimum atomic E-state index is 0.834. The lowest BCUT2D eigenvalue weighted by molar-refractivity contribution is 1.61. The summed E-state index contributed by atoms with van der Waals surface area (Å²) in [5.41, 5.74) is 7.92. The lowest BCUT2D eigenvalue weighted by Crippen LogP contribution is -1.82. The first-order valence-corrected chi connectivity index (χ1v) is 5.45. The first-order chi connectivity index (χ1) is 6.72. The van der Waals surface area contributed by atoms with Crippen LogP contribution in [-0.2, 0) is 0 Å². The second-order valence-electron chi connectivity index (χ2n) is 3.33. The standard InChI is InChI=1S/C12H13NS/c1-3-4-10-8(2)14-12-6-5-9(13)7-11(10)12/h3-7H,13H2,1-2H3/b4-3-. The minimum absolute atomic E-state index is 0.834. The molecule has 0 spiro atoms. The van der Waals surface area contributed by atoms with E-state index in [2.05, 4.69) is 25.1 Å². The van der Waals surface area contributed by atoms with Crippen LogP contribution in [0.1, 0.15) is 17.4 Å². The zero-order chi connectivity index (χ0) is 10.1. The zero-order valence-electron chi connectivity index (χ0n) is 8.37. The molecule has 0 aliphatic carbocycles. The van der Waals surface area contributed by atoms with Crippen LogP contribution >= 0.6 is 11.3 Å². The fourth-order valence-electron chi connectivity index (χ4n) is 1.63. The third-order valence-corrected chi connectivity index (χ3v) is 3.37. The van der Waals surface area contributed by atoms with Crippen molar-refractivity contribution in [1.82, 2.24) is 0 Å². The molecule has 1 nitrogen and oxygen atoms in total. The normalized spacial score (nSPS) is 11.6. The lowest BCUT2D eigenvalue weighted by Gasteiger charge is -1.95. The number of fused-ring (bicyclic) bond motifs is 1. The van der Waals surface area contributed by atoms with Crippen LogP contribution in [0.5, 0.6) is 0 Å². The number of hydrogen-bond donors (Lipinski definition) is 1. The Balaban J connectivity index is 2.79. The molecule has 0 fully saturated rings. The first kappa shape index (κ1) is 9.28. The van der Waals surface area contributed by atoms with Crippen molar-refractivity contribution in [2.75, 3.05) is 5.73 Å². The van der Waals surface area contributed by atoms with E-state index in [0.717, 1.165) is 5.69 Å². The average Bonchev–Trinajstić information content (AvgIpc) is 2.45. The van der Waals surface area contributed by atoms with Crippen LogP contribution < -0.4 is 5.73 Å². The molecule has 0 aliphatic rings. The molecule has 2 rings (SSSR count). The van der Waals surface area contributed by atoms with E-state index in [4.69, 9.17) is 5.73 Å². The van der Waals surface area contributed by atoms with Gasteiger partial charge in [0.1, 0.15) is 0 Å². The van der Waals surface area contributed by atoms with Crippen molar-refractivity contribution in [2.24, 2.45) is 0 Å². The molecule has 0 saturated carbocycles. The van der Waals surface area contributed by atoms with E-state index >= 15 is 0 Å². The second kappa shape index (κ2) is 3.46. The highest BCUT2D eigenvalue weighted by Gasteiger charge is 2.05. The number of hydrogen-bond acceptors (Lipinski definition) is 2. The van der Waals surface area contributed by atoms with Crippen molar-refractivity contribution >= 4 is 33.2 Å². The largest absolute Gasteiger partial charge is 0.399 e. The highest BCUT2D eigenvalue weighted by molar-refractivity contribution is 7.19. The number of aryl methyl sites for hydroxylation is 1. The molecule has 1 aromatic heterocycles. The molecule has 2 heteroatoms. The molecule has 2 N–H and O–H groups in total. The summed E-state index contributed by atoms with van der Waals surface area (Å²) in [6.07, 6.45) is 4.21. The smallest absolute Gasteiger partial charge is 0.0353 e. The van der Waals surface area contributed by atoms with Crippen LogP contribution in [0, 0.1) is 6.92 Å². The SMILES string of the molecule is C/C=C\c1c(C)sc2ccc(N)cc12. The van der Waals surface area contributed by atoms with Gasteiger partial charge in [-0.05, 0) is 37.6 Å². The molecule has 2 aromatic rings. The molecular formula is C12H13NS. The summed E-state index contributed by atoms with van der Waals surface area (Å²) in [6, 6.07) is 6.10. The van der Waals surface area contributed by atoms with Gasteiger partial charge in [-0.25, -0.2) is 0 Å². The number of anilines is 1. The molecule has 0 aliphatic heterocycles. The third-order valence-electron chi connectivity index (χ3n) is 2.27. The molecule has 0 unspecified atom stereocenters. The number of allylic oxidation sites excluding steroid dienone is 1. The Morgan fingerprint density at radius 1 is 1.36 bits per heavy atom. The van der Waals surface area contributed by atoms with E-state index in [9.17, 15) is 0 Å². The minimum Gasteiger partial charge on any atom is -0.399 e. The van der Waals surface area contributed by atoms with Crippen molar-refractivity contribution in [2.45, 2.75) is 13.8 Å². The van der Waals surface area contributed by atoms with Gasteiger partial charge in [-0.2, -0.15) is 0 Å². The van der Waals surface area contributed by atoms with E-state index in [1.807, 2.05) is 30.4 Å². The van der Waals surface area contributed by atoms with Gasteiger partial charge in [0.2, 0.25) is 0 Å². The lowest BCUT2D eigenvalue weighted by atomic mass is 10.1. The summed E-state index contributed by atoms with van der Waals surface area (Å²) < 4.78 is 1.31. The van der Waals surface area contributed by atoms with Crippen molar-refractivity contribution in [1.29, 1.82) is 0 Å².